The Morgan fingerprint density at radius 3 is 2.43 bits per heavy atom. The third kappa shape index (κ3) is 4.58. The van der Waals surface area contributed by atoms with E-state index in [9.17, 15) is 14.9 Å². The second-order valence-electron chi connectivity index (χ2n) is 4.61. The number of amides is 1. The van der Waals surface area contributed by atoms with E-state index >= 15 is 0 Å². The first-order valence-electron chi connectivity index (χ1n) is 6.76. The smallest absolute Gasteiger partial charge is 0.271 e. The molecule has 0 heterocycles. The zero-order valence-corrected chi connectivity index (χ0v) is 13.5. The van der Waals surface area contributed by atoms with Gasteiger partial charge >= 0.3 is 0 Å². The molecule has 1 amide bonds. The lowest BCUT2D eigenvalue weighted by Gasteiger charge is -2.30. The minimum Gasteiger partial charge on any atom is -0.334 e. The molecular formula is C14H18Cl2N2O3. The average molecular weight is 333 g/mol. The van der Waals surface area contributed by atoms with E-state index in [0.717, 1.165) is 12.8 Å². The van der Waals surface area contributed by atoms with E-state index in [2.05, 4.69) is 0 Å². The second-order valence-corrected chi connectivity index (χ2v) is 5.43. The molecule has 1 aromatic carbocycles. The molecule has 0 aromatic heterocycles. The summed E-state index contributed by atoms with van der Waals surface area (Å²) in [7, 11) is 0. The van der Waals surface area contributed by atoms with Crippen molar-refractivity contribution in [1.82, 2.24) is 4.90 Å². The molecule has 0 aliphatic rings. The van der Waals surface area contributed by atoms with Gasteiger partial charge in [0, 0.05) is 41.2 Å². The molecule has 0 atom stereocenters. The molecule has 116 valence electrons. The van der Waals surface area contributed by atoms with Crippen molar-refractivity contribution in [3.8, 4) is 0 Å². The fourth-order valence-electron chi connectivity index (χ4n) is 2.24. The van der Waals surface area contributed by atoms with Gasteiger partial charge in [-0.05, 0) is 18.9 Å². The molecule has 1 rings (SSSR count). The molecule has 21 heavy (non-hydrogen) atoms. The van der Waals surface area contributed by atoms with Gasteiger partial charge in [-0.2, -0.15) is 0 Å². The number of hydrogen-bond acceptors (Lipinski definition) is 3. The van der Waals surface area contributed by atoms with Crippen molar-refractivity contribution in [2.24, 2.45) is 0 Å². The first-order valence-corrected chi connectivity index (χ1v) is 7.67. The van der Waals surface area contributed by atoms with E-state index in [1.807, 2.05) is 13.8 Å². The van der Waals surface area contributed by atoms with Crippen LogP contribution < -0.4 is 0 Å². The molecule has 0 saturated carbocycles. The summed E-state index contributed by atoms with van der Waals surface area (Å²) in [6.45, 7) is 4.37. The summed E-state index contributed by atoms with van der Waals surface area (Å²) in [5.41, 5.74) is 0.0208. The molecule has 5 nitrogen and oxygen atoms in total. The number of rotatable bonds is 7. The van der Waals surface area contributed by atoms with Crippen LogP contribution in [0.3, 0.4) is 0 Å². The molecule has 0 N–H and O–H groups in total. The van der Waals surface area contributed by atoms with Gasteiger partial charge < -0.3 is 4.90 Å². The van der Waals surface area contributed by atoms with Gasteiger partial charge in [0.15, 0.2) is 0 Å². The molecule has 0 fully saturated rings. The predicted molar refractivity (Wildman–Crippen MR) is 84.2 cm³/mol. The molecule has 0 aliphatic heterocycles. The van der Waals surface area contributed by atoms with Crippen molar-refractivity contribution in [1.29, 1.82) is 0 Å². The molecule has 0 saturated heterocycles. The third-order valence-electron chi connectivity index (χ3n) is 3.31. The maximum atomic E-state index is 12.6. The monoisotopic (exact) mass is 332 g/mol. The van der Waals surface area contributed by atoms with E-state index in [1.54, 1.807) is 4.90 Å². The van der Waals surface area contributed by atoms with E-state index in [0.29, 0.717) is 12.4 Å². The van der Waals surface area contributed by atoms with Crippen molar-refractivity contribution in [2.75, 3.05) is 12.4 Å². The number of carbonyl (C=O) groups is 1. The summed E-state index contributed by atoms with van der Waals surface area (Å²) in [6.07, 6.45) is 1.59. The Morgan fingerprint density at radius 1 is 1.33 bits per heavy atom. The van der Waals surface area contributed by atoms with Crippen LogP contribution in [0.4, 0.5) is 5.69 Å². The summed E-state index contributed by atoms with van der Waals surface area (Å²) in [6, 6.07) is 3.97. The fourth-order valence-corrected chi connectivity index (χ4v) is 2.65. The van der Waals surface area contributed by atoms with Gasteiger partial charge in [-0.25, -0.2) is 0 Å². The van der Waals surface area contributed by atoms with Crippen LogP contribution in [0.2, 0.25) is 5.02 Å². The van der Waals surface area contributed by atoms with Crippen LogP contribution in [-0.2, 0) is 0 Å². The lowest BCUT2D eigenvalue weighted by molar-refractivity contribution is -0.384. The maximum absolute atomic E-state index is 12.6. The van der Waals surface area contributed by atoms with Crippen LogP contribution in [0.1, 0.15) is 37.0 Å². The number of halogens is 2. The van der Waals surface area contributed by atoms with Crippen LogP contribution in [0.15, 0.2) is 18.2 Å². The second kappa shape index (κ2) is 8.20. The topological polar surface area (TPSA) is 63.5 Å². The quantitative estimate of drug-likeness (QED) is 0.428. The number of benzene rings is 1. The number of nitro benzene ring substituents is 1. The van der Waals surface area contributed by atoms with Crippen molar-refractivity contribution >= 4 is 34.8 Å². The highest BCUT2D eigenvalue weighted by atomic mass is 35.5. The summed E-state index contributed by atoms with van der Waals surface area (Å²) in [5, 5.41) is 11.0. The largest absolute Gasteiger partial charge is 0.334 e. The first-order chi connectivity index (χ1) is 9.94. The molecule has 0 radical (unpaired) electrons. The van der Waals surface area contributed by atoms with Crippen molar-refractivity contribution in [2.45, 2.75) is 32.7 Å². The van der Waals surface area contributed by atoms with Crippen molar-refractivity contribution in [3.63, 3.8) is 0 Å². The van der Waals surface area contributed by atoms with Crippen LogP contribution in [0.5, 0.6) is 0 Å². The summed E-state index contributed by atoms with van der Waals surface area (Å²) < 4.78 is 0. The highest BCUT2D eigenvalue weighted by Gasteiger charge is 2.23. The Balaban J connectivity index is 3.16. The minimum absolute atomic E-state index is 0.0503. The standard InChI is InChI=1S/C14H18Cl2N2O3/c1-3-12(4-2)17(6-5-15)14(19)10-7-11(16)9-13(8-10)18(20)21/h7-9,12H,3-6H2,1-2H3. The van der Waals surface area contributed by atoms with Gasteiger partial charge in [0.2, 0.25) is 0 Å². The first kappa shape index (κ1) is 17.7. The number of alkyl halides is 1. The lowest BCUT2D eigenvalue weighted by atomic mass is 10.1. The van der Waals surface area contributed by atoms with Gasteiger partial charge in [0.1, 0.15) is 0 Å². The molecule has 0 bridgehead atoms. The number of nitro groups is 1. The van der Waals surface area contributed by atoms with Crippen LogP contribution in [0.25, 0.3) is 0 Å². The summed E-state index contributed by atoms with van der Waals surface area (Å²) in [5.74, 6) is 0.0280. The molecule has 0 unspecified atom stereocenters. The zero-order valence-electron chi connectivity index (χ0n) is 12.0. The molecular weight excluding hydrogens is 315 g/mol. The maximum Gasteiger partial charge on any atom is 0.271 e. The van der Waals surface area contributed by atoms with Crippen LogP contribution in [0, 0.1) is 10.1 Å². The number of nitrogens with zero attached hydrogens (tertiary/aromatic N) is 2. The van der Waals surface area contributed by atoms with Crippen molar-refractivity contribution in [3.05, 3.63) is 38.9 Å². The van der Waals surface area contributed by atoms with Crippen LogP contribution >= 0.6 is 23.2 Å². The molecule has 0 aliphatic carbocycles. The number of non-ortho nitro benzene ring substituents is 1. The van der Waals surface area contributed by atoms with Gasteiger partial charge in [0.25, 0.3) is 11.6 Å². The minimum atomic E-state index is -0.564. The Bertz CT molecular complexity index is 519. The van der Waals surface area contributed by atoms with E-state index < -0.39 is 4.92 Å². The fraction of sp³-hybridized carbons (Fsp3) is 0.500. The van der Waals surface area contributed by atoms with Gasteiger partial charge in [-0.1, -0.05) is 25.4 Å². The van der Waals surface area contributed by atoms with E-state index in [4.69, 9.17) is 23.2 Å². The average Bonchev–Trinajstić information content (AvgIpc) is 2.46. The van der Waals surface area contributed by atoms with E-state index in [-0.39, 0.29) is 28.2 Å². The Labute approximate surface area is 134 Å². The number of carbonyl (C=O) groups excluding carboxylic acids is 1. The Hall–Kier alpha value is -1.33. The predicted octanol–water partition coefficient (Wildman–Crippen LogP) is 4.12. The summed E-state index contributed by atoms with van der Waals surface area (Å²) in [4.78, 5) is 24.6. The van der Waals surface area contributed by atoms with Gasteiger partial charge in [-0.3, -0.25) is 14.9 Å². The molecule has 0 spiro atoms. The lowest BCUT2D eigenvalue weighted by Crippen LogP contribution is -2.41. The van der Waals surface area contributed by atoms with Gasteiger partial charge in [0.05, 0.1) is 4.92 Å². The van der Waals surface area contributed by atoms with Crippen molar-refractivity contribution < 1.29 is 9.72 Å². The molecule has 1 aromatic rings. The Kier molecular flexibility index (Phi) is 6.92. The van der Waals surface area contributed by atoms with Gasteiger partial charge in [-0.15, -0.1) is 11.6 Å². The van der Waals surface area contributed by atoms with Crippen LogP contribution in [-0.4, -0.2) is 34.2 Å². The highest BCUT2D eigenvalue weighted by Crippen LogP contribution is 2.23. The molecule has 7 heteroatoms. The Morgan fingerprint density at radius 2 is 1.95 bits per heavy atom. The highest BCUT2D eigenvalue weighted by molar-refractivity contribution is 6.31. The zero-order chi connectivity index (χ0) is 16.0. The third-order valence-corrected chi connectivity index (χ3v) is 3.70. The SMILES string of the molecule is CCC(CC)N(CCCl)C(=O)c1cc(Cl)cc([N+](=O)[O-])c1. The van der Waals surface area contributed by atoms with E-state index in [1.165, 1.54) is 18.2 Å². The summed E-state index contributed by atoms with van der Waals surface area (Å²) >= 11 is 11.6. The number of hydrogen-bond donors (Lipinski definition) is 0. The normalized spacial score (nSPS) is 10.7.